The van der Waals surface area contributed by atoms with E-state index >= 15 is 0 Å². The molecule has 2 rings (SSSR count). The predicted molar refractivity (Wildman–Crippen MR) is 78.1 cm³/mol. The Labute approximate surface area is 118 Å². The van der Waals surface area contributed by atoms with Crippen molar-refractivity contribution in [2.24, 2.45) is 5.10 Å². The van der Waals surface area contributed by atoms with Crippen molar-refractivity contribution in [3.8, 4) is 0 Å². The lowest BCUT2D eigenvalue weighted by molar-refractivity contribution is 0.584. The second kappa shape index (κ2) is 5.83. The van der Waals surface area contributed by atoms with Gasteiger partial charge in [-0.2, -0.15) is 13.5 Å². The number of hydrogen-bond acceptors (Lipinski definition) is 4. The molecule has 0 spiro atoms. The number of hydrogen-bond donors (Lipinski definition) is 1. The van der Waals surface area contributed by atoms with Crippen LogP contribution in [-0.2, 0) is 10.0 Å². The maximum Gasteiger partial charge on any atom is 0.276 e. The summed E-state index contributed by atoms with van der Waals surface area (Å²) in [7, 11) is -3.63. The van der Waals surface area contributed by atoms with Crippen molar-refractivity contribution in [3.05, 3.63) is 59.4 Å². The van der Waals surface area contributed by atoms with Gasteiger partial charge in [-0.1, -0.05) is 23.8 Å². The average molecular weight is 289 g/mol. The van der Waals surface area contributed by atoms with E-state index in [2.05, 4.69) is 14.9 Å². The van der Waals surface area contributed by atoms with Crippen molar-refractivity contribution in [2.45, 2.75) is 18.7 Å². The third-order valence-corrected chi connectivity index (χ3v) is 3.87. The molecule has 0 aliphatic carbocycles. The Balaban J connectivity index is 2.09. The molecule has 1 N–H and O–H groups in total. The maximum atomic E-state index is 11.9. The van der Waals surface area contributed by atoms with E-state index in [1.165, 1.54) is 18.3 Å². The number of aromatic nitrogens is 1. The molecule has 0 unspecified atom stereocenters. The van der Waals surface area contributed by atoms with E-state index in [0.29, 0.717) is 5.69 Å². The highest BCUT2D eigenvalue weighted by Crippen LogP contribution is 2.09. The minimum absolute atomic E-state index is 0.178. The fourth-order valence-electron chi connectivity index (χ4n) is 1.49. The lowest BCUT2D eigenvalue weighted by atomic mass is 10.2. The number of nitrogens with one attached hydrogen (secondary N) is 1. The molecular formula is C14H15N3O2S. The van der Waals surface area contributed by atoms with Crippen LogP contribution in [-0.4, -0.2) is 19.6 Å². The summed E-state index contributed by atoms with van der Waals surface area (Å²) in [5, 5.41) is 3.72. The summed E-state index contributed by atoms with van der Waals surface area (Å²) in [5.74, 6) is 0. The van der Waals surface area contributed by atoms with Crippen molar-refractivity contribution >= 4 is 16.2 Å². The van der Waals surface area contributed by atoms with Gasteiger partial charge in [0.15, 0.2) is 0 Å². The molecular weight excluding hydrogens is 274 g/mol. The van der Waals surface area contributed by atoms with Gasteiger partial charge in [0.05, 0.1) is 16.8 Å². The van der Waals surface area contributed by atoms with Crippen LogP contribution < -0.4 is 4.83 Å². The van der Waals surface area contributed by atoms with Crippen LogP contribution in [0, 0.1) is 13.8 Å². The number of rotatable bonds is 4. The lowest BCUT2D eigenvalue weighted by Gasteiger charge is -2.03. The van der Waals surface area contributed by atoms with Crippen LogP contribution in [0.5, 0.6) is 0 Å². The molecule has 0 bridgehead atoms. The van der Waals surface area contributed by atoms with Gasteiger partial charge in [-0.25, -0.2) is 4.83 Å². The smallest absolute Gasteiger partial charge is 0.255 e. The van der Waals surface area contributed by atoms with Crippen molar-refractivity contribution in [1.82, 2.24) is 9.82 Å². The highest BCUT2D eigenvalue weighted by Gasteiger charge is 2.11. The maximum absolute atomic E-state index is 11.9. The van der Waals surface area contributed by atoms with Gasteiger partial charge >= 0.3 is 0 Å². The van der Waals surface area contributed by atoms with Crippen LogP contribution in [0.25, 0.3) is 0 Å². The van der Waals surface area contributed by atoms with Gasteiger partial charge in [0.1, 0.15) is 0 Å². The highest BCUT2D eigenvalue weighted by molar-refractivity contribution is 7.89. The van der Waals surface area contributed by atoms with Crippen LogP contribution in [0.15, 0.2) is 52.6 Å². The van der Waals surface area contributed by atoms with E-state index in [1.54, 1.807) is 24.4 Å². The first-order valence-corrected chi connectivity index (χ1v) is 7.50. The van der Waals surface area contributed by atoms with E-state index in [0.717, 1.165) is 11.1 Å². The first kappa shape index (κ1) is 14.2. The molecule has 0 fully saturated rings. The Morgan fingerprint density at radius 1 is 1.05 bits per heavy atom. The Bertz CT molecular complexity index is 705. The Kier molecular flexibility index (Phi) is 4.14. The summed E-state index contributed by atoms with van der Waals surface area (Å²) >= 11 is 0. The standard InChI is InChI=1S/C14H15N3O2S/c1-11-4-7-14(8-5-11)20(18,19)17-16-10-13-6-3-12(2)9-15-13/h3-10,17H,1-2H3/b16-10-. The molecule has 0 radical (unpaired) electrons. The second-order valence-corrected chi connectivity index (χ2v) is 6.09. The second-order valence-electron chi connectivity index (χ2n) is 4.43. The number of sulfonamides is 1. The normalized spacial score (nSPS) is 11.7. The SMILES string of the molecule is Cc1ccc(S(=O)(=O)N/N=C\c2ccc(C)cn2)cc1. The minimum atomic E-state index is -3.63. The first-order chi connectivity index (χ1) is 9.47. The number of hydrazone groups is 1. The molecule has 0 saturated heterocycles. The Morgan fingerprint density at radius 3 is 2.30 bits per heavy atom. The van der Waals surface area contributed by atoms with Gasteiger partial charge in [-0.05, 0) is 37.6 Å². The third-order valence-electron chi connectivity index (χ3n) is 2.64. The summed E-state index contributed by atoms with van der Waals surface area (Å²) in [4.78, 5) is 6.44. The molecule has 0 aliphatic heterocycles. The van der Waals surface area contributed by atoms with Crippen molar-refractivity contribution in [2.75, 3.05) is 0 Å². The molecule has 1 aromatic heterocycles. The molecule has 0 amide bonds. The van der Waals surface area contributed by atoms with Gasteiger partial charge in [-0.3, -0.25) is 4.98 Å². The molecule has 0 saturated carbocycles. The summed E-state index contributed by atoms with van der Waals surface area (Å²) in [6.45, 7) is 3.82. The largest absolute Gasteiger partial charge is 0.276 e. The molecule has 0 atom stereocenters. The first-order valence-electron chi connectivity index (χ1n) is 6.01. The van der Waals surface area contributed by atoms with Crippen molar-refractivity contribution < 1.29 is 8.42 Å². The molecule has 1 heterocycles. The third kappa shape index (κ3) is 3.64. The van der Waals surface area contributed by atoms with Gasteiger partial charge in [0.2, 0.25) is 0 Å². The summed E-state index contributed by atoms with van der Waals surface area (Å²) in [5.41, 5.74) is 2.61. The molecule has 5 nitrogen and oxygen atoms in total. The monoisotopic (exact) mass is 289 g/mol. The highest BCUT2D eigenvalue weighted by atomic mass is 32.2. The van der Waals surface area contributed by atoms with Crippen LogP contribution in [0.1, 0.15) is 16.8 Å². The summed E-state index contributed by atoms with van der Waals surface area (Å²) < 4.78 is 23.9. The Hall–Kier alpha value is -2.21. The zero-order valence-electron chi connectivity index (χ0n) is 11.2. The fraction of sp³-hybridized carbons (Fsp3) is 0.143. The summed E-state index contributed by atoms with van der Waals surface area (Å²) in [6, 6.07) is 10.2. The number of pyridine rings is 1. The fourth-order valence-corrected chi connectivity index (χ4v) is 2.28. The van der Waals surface area contributed by atoms with E-state index in [4.69, 9.17) is 0 Å². The van der Waals surface area contributed by atoms with Gasteiger partial charge in [-0.15, -0.1) is 0 Å². The van der Waals surface area contributed by atoms with E-state index in [1.807, 2.05) is 19.9 Å². The zero-order valence-corrected chi connectivity index (χ0v) is 12.1. The molecule has 104 valence electrons. The Morgan fingerprint density at radius 2 is 1.70 bits per heavy atom. The molecule has 1 aromatic carbocycles. The number of benzene rings is 1. The van der Waals surface area contributed by atoms with Crippen LogP contribution in [0.3, 0.4) is 0 Å². The van der Waals surface area contributed by atoms with Crippen LogP contribution >= 0.6 is 0 Å². The van der Waals surface area contributed by atoms with Gasteiger partial charge in [0, 0.05) is 6.20 Å². The molecule has 0 aliphatic rings. The van der Waals surface area contributed by atoms with E-state index in [9.17, 15) is 8.42 Å². The van der Waals surface area contributed by atoms with Crippen molar-refractivity contribution in [1.29, 1.82) is 0 Å². The molecule has 20 heavy (non-hydrogen) atoms. The minimum Gasteiger partial charge on any atom is -0.255 e. The number of nitrogens with zero attached hydrogens (tertiary/aromatic N) is 2. The molecule has 2 aromatic rings. The summed E-state index contributed by atoms with van der Waals surface area (Å²) in [6.07, 6.45) is 3.06. The molecule has 6 heteroatoms. The quantitative estimate of drug-likeness (QED) is 0.691. The van der Waals surface area contributed by atoms with E-state index in [-0.39, 0.29) is 4.90 Å². The topological polar surface area (TPSA) is 71.4 Å². The van der Waals surface area contributed by atoms with Crippen molar-refractivity contribution in [3.63, 3.8) is 0 Å². The van der Waals surface area contributed by atoms with Crippen LogP contribution in [0.4, 0.5) is 0 Å². The van der Waals surface area contributed by atoms with Crippen LogP contribution in [0.2, 0.25) is 0 Å². The van der Waals surface area contributed by atoms with E-state index < -0.39 is 10.0 Å². The average Bonchev–Trinajstić information content (AvgIpc) is 2.41. The lowest BCUT2D eigenvalue weighted by Crippen LogP contribution is -2.18. The van der Waals surface area contributed by atoms with Gasteiger partial charge in [0.25, 0.3) is 10.0 Å². The zero-order chi connectivity index (χ0) is 14.6. The number of aryl methyl sites for hydroxylation is 2. The predicted octanol–water partition coefficient (Wildman–Crippen LogP) is 2.01. The van der Waals surface area contributed by atoms with Gasteiger partial charge < -0.3 is 0 Å².